The summed E-state index contributed by atoms with van der Waals surface area (Å²) in [7, 11) is 1.69. The number of fused-ring (bicyclic) bond motifs is 1. The Hall–Kier alpha value is -1.22. The van der Waals surface area contributed by atoms with Crippen molar-refractivity contribution in [3.8, 4) is 5.75 Å². The van der Waals surface area contributed by atoms with E-state index in [4.69, 9.17) is 21.3 Å². The Labute approximate surface area is 124 Å². The Morgan fingerprint density at radius 1 is 1.45 bits per heavy atom. The van der Waals surface area contributed by atoms with E-state index >= 15 is 0 Å². The number of ether oxygens (including phenoxy) is 1. The fourth-order valence-electron chi connectivity index (χ4n) is 2.92. The molecule has 1 unspecified atom stereocenters. The fraction of sp³-hybridized carbons (Fsp3) is 0.562. The number of rotatable bonds is 5. The first-order valence-electron chi connectivity index (χ1n) is 7.15. The van der Waals surface area contributed by atoms with Crippen LogP contribution in [0, 0.1) is 11.3 Å². The second-order valence-electron chi connectivity index (χ2n) is 6.30. The highest BCUT2D eigenvalue weighted by Crippen LogP contribution is 2.52. The van der Waals surface area contributed by atoms with Gasteiger partial charge in [0.05, 0.1) is 12.6 Å². The Balaban J connectivity index is 2.05. The number of hydrogen-bond donors (Lipinski definition) is 0. The van der Waals surface area contributed by atoms with E-state index in [1.54, 1.807) is 7.11 Å². The number of nitrogens with zero attached hydrogens (tertiary/aromatic N) is 2. The molecule has 1 aliphatic carbocycles. The summed E-state index contributed by atoms with van der Waals surface area (Å²) in [6.07, 6.45) is 2.09. The van der Waals surface area contributed by atoms with Crippen LogP contribution in [0.15, 0.2) is 18.2 Å². The number of halogens is 1. The molecular formula is C16H21ClN2O. The Bertz CT molecular complexity index is 633. The maximum Gasteiger partial charge on any atom is 0.146 e. The van der Waals surface area contributed by atoms with Gasteiger partial charge in [-0.2, -0.15) is 0 Å². The predicted molar refractivity (Wildman–Crippen MR) is 82.6 cm³/mol. The number of imidazole rings is 1. The minimum Gasteiger partial charge on any atom is -0.494 e. The number of aryl methyl sites for hydroxylation is 1. The lowest BCUT2D eigenvalue weighted by atomic mass is 10.1. The van der Waals surface area contributed by atoms with Crippen molar-refractivity contribution in [3.05, 3.63) is 24.0 Å². The quantitative estimate of drug-likeness (QED) is 0.782. The van der Waals surface area contributed by atoms with E-state index in [-0.39, 0.29) is 0 Å². The van der Waals surface area contributed by atoms with E-state index in [0.29, 0.717) is 11.3 Å². The molecule has 1 saturated carbocycles. The minimum atomic E-state index is 0.466. The maximum atomic E-state index is 5.93. The number of benzene rings is 1. The van der Waals surface area contributed by atoms with E-state index < -0.39 is 0 Å². The van der Waals surface area contributed by atoms with Crippen LogP contribution in [0.1, 0.15) is 26.1 Å². The highest BCUT2D eigenvalue weighted by molar-refractivity contribution is 6.17. The lowest BCUT2D eigenvalue weighted by molar-refractivity contribution is 0.419. The molecule has 4 heteroatoms. The molecule has 20 heavy (non-hydrogen) atoms. The van der Waals surface area contributed by atoms with Crippen LogP contribution in [0.3, 0.4) is 0 Å². The summed E-state index contributed by atoms with van der Waals surface area (Å²) < 4.78 is 7.76. The molecule has 0 radical (unpaired) electrons. The lowest BCUT2D eigenvalue weighted by Crippen LogP contribution is -2.08. The van der Waals surface area contributed by atoms with Crippen molar-refractivity contribution in [1.29, 1.82) is 0 Å². The summed E-state index contributed by atoms with van der Waals surface area (Å²) in [6, 6.07) is 6.12. The van der Waals surface area contributed by atoms with E-state index in [1.165, 1.54) is 6.42 Å². The van der Waals surface area contributed by atoms with Crippen molar-refractivity contribution in [2.24, 2.45) is 11.3 Å². The van der Waals surface area contributed by atoms with E-state index in [2.05, 4.69) is 24.5 Å². The molecule has 108 valence electrons. The topological polar surface area (TPSA) is 27.1 Å². The molecule has 1 aromatic heterocycles. The first-order chi connectivity index (χ1) is 9.56. The van der Waals surface area contributed by atoms with Gasteiger partial charge in [-0.15, -0.1) is 11.6 Å². The third-order valence-corrected chi connectivity index (χ3v) is 4.67. The first kappa shape index (κ1) is 13.7. The molecule has 1 heterocycles. The van der Waals surface area contributed by atoms with Gasteiger partial charge in [0.25, 0.3) is 0 Å². The summed E-state index contributed by atoms with van der Waals surface area (Å²) in [5.41, 5.74) is 2.58. The van der Waals surface area contributed by atoms with Crippen molar-refractivity contribution in [1.82, 2.24) is 9.55 Å². The SMILES string of the molecule is COc1cccc2c1nc(CCCl)n2CC1CC1(C)C. The fourth-order valence-corrected chi connectivity index (χ4v) is 3.09. The molecule has 3 nitrogen and oxygen atoms in total. The molecule has 1 aliphatic rings. The van der Waals surface area contributed by atoms with Crippen molar-refractivity contribution in [3.63, 3.8) is 0 Å². The molecule has 0 saturated heterocycles. The molecule has 0 aliphatic heterocycles. The van der Waals surface area contributed by atoms with Crippen molar-refractivity contribution in [2.45, 2.75) is 33.2 Å². The Kier molecular flexibility index (Phi) is 3.41. The smallest absolute Gasteiger partial charge is 0.146 e. The molecule has 1 atom stereocenters. The van der Waals surface area contributed by atoms with E-state index in [1.807, 2.05) is 12.1 Å². The zero-order valence-corrected chi connectivity index (χ0v) is 13.1. The number of para-hydroxylation sites is 1. The first-order valence-corrected chi connectivity index (χ1v) is 7.68. The normalized spacial score (nSPS) is 20.3. The van der Waals surface area contributed by atoms with E-state index in [0.717, 1.165) is 41.5 Å². The lowest BCUT2D eigenvalue weighted by Gasteiger charge is -2.10. The van der Waals surface area contributed by atoms with Gasteiger partial charge in [-0.3, -0.25) is 0 Å². The Morgan fingerprint density at radius 3 is 2.80 bits per heavy atom. The predicted octanol–water partition coefficient (Wildman–Crippen LogP) is 3.87. The van der Waals surface area contributed by atoms with Crippen molar-refractivity contribution in [2.75, 3.05) is 13.0 Å². The van der Waals surface area contributed by atoms with Crippen molar-refractivity contribution < 1.29 is 4.74 Å². The monoisotopic (exact) mass is 292 g/mol. The van der Waals surface area contributed by atoms with Gasteiger partial charge in [-0.05, 0) is 29.9 Å². The summed E-state index contributed by atoms with van der Waals surface area (Å²) in [5, 5.41) is 0. The molecule has 2 aromatic rings. The van der Waals surface area contributed by atoms with Gasteiger partial charge in [0.2, 0.25) is 0 Å². The van der Waals surface area contributed by atoms with Crippen LogP contribution >= 0.6 is 11.6 Å². The van der Waals surface area contributed by atoms with Crippen LogP contribution in [0.2, 0.25) is 0 Å². The second kappa shape index (κ2) is 4.96. The standard InChI is InChI=1S/C16H21ClN2O/c1-16(2)9-11(16)10-19-12-5-4-6-13(20-3)15(12)18-14(19)7-8-17/h4-6,11H,7-10H2,1-3H3. The number of alkyl halides is 1. The number of aromatic nitrogens is 2. The van der Waals surface area contributed by atoms with Crippen LogP contribution in [0.5, 0.6) is 5.75 Å². The molecule has 0 spiro atoms. The average Bonchev–Trinajstić information content (AvgIpc) is 2.87. The van der Waals surface area contributed by atoms with Crippen molar-refractivity contribution >= 4 is 22.6 Å². The van der Waals surface area contributed by atoms with Gasteiger partial charge in [-0.25, -0.2) is 4.98 Å². The van der Waals surface area contributed by atoms with Gasteiger partial charge in [0, 0.05) is 18.8 Å². The number of hydrogen-bond acceptors (Lipinski definition) is 2. The maximum absolute atomic E-state index is 5.93. The largest absolute Gasteiger partial charge is 0.494 e. The zero-order chi connectivity index (χ0) is 14.3. The summed E-state index contributed by atoms with van der Waals surface area (Å²) in [5.74, 6) is 3.24. The van der Waals surface area contributed by atoms with Gasteiger partial charge in [0.15, 0.2) is 0 Å². The molecule has 1 fully saturated rings. The molecule has 3 rings (SSSR count). The van der Waals surface area contributed by atoms with Gasteiger partial charge in [-0.1, -0.05) is 19.9 Å². The molecule has 1 aromatic carbocycles. The Morgan fingerprint density at radius 2 is 2.20 bits per heavy atom. The summed E-state index contributed by atoms with van der Waals surface area (Å²) in [6.45, 7) is 5.69. The highest BCUT2D eigenvalue weighted by atomic mass is 35.5. The van der Waals surface area contributed by atoms with Gasteiger partial charge in [0.1, 0.15) is 17.1 Å². The van der Waals surface area contributed by atoms with Crippen LogP contribution in [-0.2, 0) is 13.0 Å². The zero-order valence-electron chi connectivity index (χ0n) is 12.3. The molecule has 0 bridgehead atoms. The third kappa shape index (κ3) is 2.28. The summed E-state index contributed by atoms with van der Waals surface area (Å²) in [4.78, 5) is 4.76. The van der Waals surface area contributed by atoms with Crippen LogP contribution in [-0.4, -0.2) is 22.5 Å². The minimum absolute atomic E-state index is 0.466. The molecule has 0 N–H and O–H groups in total. The van der Waals surface area contributed by atoms with Gasteiger partial charge < -0.3 is 9.30 Å². The second-order valence-corrected chi connectivity index (χ2v) is 6.67. The van der Waals surface area contributed by atoms with Crippen LogP contribution < -0.4 is 4.74 Å². The third-order valence-electron chi connectivity index (χ3n) is 4.48. The van der Waals surface area contributed by atoms with E-state index in [9.17, 15) is 0 Å². The molecular weight excluding hydrogens is 272 g/mol. The average molecular weight is 293 g/mol. The highest BCUT2D eigenvalue weighted by Gasteiger charge is 2.45. The van der Waals surface area contributed by atoms with Crippen LogP contribution in [0.4, 0.5) is 0 Å². The molecule has 0 amide bonds. The van der Waals surface area contributed by atoms with Crippen LogP contribution in [0.25, 0.3) is 11.0 Å². The summed E-state index contributed by atoms with van der Waals surface area (Å²) >= 11 is 5.93. The van der Waals surface area contributed by atoms with Gasteiger partial charge >= 0.3 is 0 Å². The number of methoxy groups -OCH3 is 1.